The van der Waals surface area contributed by atoms with Gasteiger partial charge in [0, 0.05) is 49.1 Å². The molecule has 33 heavy (non-hydrogen) atoms. The van der Waals surface area contributed by atoms with Crippen molar-refractivity contribution in [3.8, 4) is 0 Å². The summed E-state index contributed by atoms with van der Waals surface area (Å²) in [6, 6.07) is 25.9. The molecule has 0 aliphatic carbocycles. The molecule has 1 unspecified atom stereocenters. The van der Waals surface area contributed by atoms with Crippen LogP contribution in [0.25, 0.3) is 10.9 Å². The third-order valence-corrected chi connectivity index (χ3v) is 6.61. The van der Waals surface area contributed by atoms with Crippen molar-refractivity contribution >= 4 is 16.8 Å². The van der Waals surface area contributed by atoms with Gasteiger partial charge in [0.15, 0.2) is 0 Å². The Labute approximate surface area is 197 Å². The number of aryl methyl sites for hydroxylation is 2. The van der Waals surface area contributed by atoms with Crippen molar-refractivity contribution in [1.29, 1.82) is 0 Å². The van der Waals surface area contributed by atoms with Crippen LogP contribution in [0.15, 0.2) is 79.0 Å². The molecule has 1 heterocycles. The highest BCUT2D eigenvalue weighted by molar-refractivity contribution is 5.87. The second-order valence-electron chi connectivity index (χ2n) is 8.95. The predicted octanol–water partition coefficient (Wildman–Crippen LogP) is 6.70. The molecule has 3 aromatic carbocycles. The molecule has 0 fully saturated rings. The number of para-hydroxylation sites is 1. The highest BCUT2D eigenvalue weighted by Crippen LogP contribution is 2.36. The Morgan fingerprint density at radius 2 is 1.61 bits per heavy atom. The minimum atomic E-state index is 0.0159. The van der Waals surface area contributed by atoms with Gasteiger partial charge in [-0.05, 0) is 50.5 Å². The maximum Gasteiger partial charge on any atom is 0.223 e. The van der Waals surface area contributed by atoms with Gasteiger partial charge in [0.05, 0.1) is 0 Å². The van der Waals surface area contributed by atoms with E-state index in [9.17, 15) is 4.79 Å². The van der Waals surface area contributed by atoms with Crippen LogP contribution in [0.1, 0.15) is 54.0 Å². The molecule has 4 aromatic rings. The smallest absolute Gasteiger partial charge is 0.223 e. The molecule has 1 atom stereocenters. The Hall–Kier alpha value is -3.33. The number of carbonyl (C=O) groups is 1. The fraction of sp³-hybridized carbons (Fsp3) is 0.300. The van der Waals surface area contributed by atoms with Crippen LogP contribution in [0.2, 0.25) is 0 Å². The zero-order chi connectivity index (χ0) is 23.4. The van der Waals surface area contributed by atoms with E-state index in [0.29, 0.717) is 6.42 Å². The third kappa shape index (κ3) is 5.03. The van der Waals surface area contributed by atoms with Crippen molar-refractivity contribution in [2.24, 2.45) is 0 Å². The van der Waals surface area contributed by atoms with E-state index < -0.39 is 0 Å². The van der Waals surface area contributed by atoms with Crippen LogP contribution in [0.5, 0.6) is 0 Å². The molecule has 0 spiro atoms. The molecule has 0 radical (unpaired) electrons. The molecule has 1 aromatic heterocycles. The van der Waals surface area contributed by atoms with Gasteiger partial charge in [0.2, 0.25) is 5.91 Å². The van der Waals surface area contributed by atoms with Crippen LogP contribution < -0.4 is 0 Å². The van der Waals surface area contributed by atoms with Gasteiger partial charge >= 0.3 is 0 Å². The molecule has 0 aliphatic heterocycles. The quantitative estimate of drug-likeness (QED) is 0.301. The van der Waals surface area contributed by atoms with Crippen molar-refractivity contribution in [1.82, 2.24) is 9.47 Å². The molecule has 3 nitrogen and oxygen atoms in total. The summed E-state index contributed by atoms with van der Waals surface area (Å²) in [7, 11) is 0. The summed E-state index contributed by atoms with van der Waals surface area (Å²) in [5, 5.41) is 1.23. The Morgan fingerprint density at radius 3 is 2.30 bits per heavy atom. The number of fused-ring (bicyclic) bond motifs is 1. The number of carbonyl (C=O) groups excluding carboxylic acids is 1. The van der Waals surface area contributed by atoms with Gasteiger partial charge in [0.25, 0.3) is 0 Å². The SMILES string of the molecule is CCN(CC)C(=O)CC(c1cccc(C)c1)c1cn(Cc2ccc(C)cc2)c2ccccc12. The lowest BCUT2D eigenvalue weighted by atomic mass is 9.87. The van der Waals surface area contributed by atoms with Gasteiger partial charge in [-0.1, -0.05) is 77.9 Å². The minimum Gasteiger partial charge on any atom is -0.343 e. The van der Waals surface area contributed by atoms with Crippen molar-refractivity contribution in [2.45, 2.75) is 46.6 Å². The van der Waals surface area contributed by atoms with Crippen molar-refractivity contribution in [3.05, 3.63) is 107 Å². The molecule has 0 saturated carbocycles. The largest absolute Gasteiger partial charge is 0.343 e. The summed E-state index contributed by atoms with van der Waals surface area (Å²) in [5.74, 6) is 0.226. The Morgan fingerprint density at radius 1 is 0.879 bits per heavy atom. The predicted molar refractivity (Wildman–Crippen MR) is 138 cm³/mol. The molecule has 0 bridgehead atoms. The summed E-state index contributed by atoms with van der Waals surface area (Å²) in [5.41, 5.74) is 7.40. The lowest BCUT2D eigenvalue weighted by Crippen LogP contribution is -2.31. The lowest BCUT2D eigenvalue weighted by molar-refractivity contribution is -0.131. The molecular weight excluding hydrogens is 404 g/mol. The van der Waals surface area contributed by atoms with Crippen molar-refractivity contribution < 1.29 is 4.79 Å². The fourth-order valence-corrected chi connectivity index (χ4v) is 4.75. The number of hydrogen-bond acceptors (Lipinski definition) is 1. The highest BCUT2D eigenvalue weighted by Gasteiger charge is 2.24. The van der Waals surface area contributed by atoms with E-state index in [0.717, 1.165) is 19.6 Å². The van der Waals surface area contributed by atoms with E-state index >= 15 is 0 Å². The molecule has 0 saturated heterocycles. The van der Waals surface area contributed by atoms with Crippen LogP contribution in [-0.2, 0) is 11.3 Å². The molecule has 1 amide bonds. The van der Waals surface area contributed by atoms with Gasteiger partial charge in [-0.25, -0.2) is 0 Å². The van der Waals surface area contributed by atoms with E-state index in [-0.39, 0.29) is 11.8 Å². The van der Waals surface area contributed by atoms with E-state index in [4.69, 9.17) is 0 Å². The zero-order valence-corrected chi connectivity index (χ0v) is 20.2. The Balaban J connectivity index is 1.80. The first-order valence-corrected chi connectivity index (χ1v) is 12.0. The number of nitrogens with zero attached hydrogens (tertiary/aromatic N) is 2. The number of amides is 1. The van der Waals surface area contributed by atoms with E-state index in [1.54, 1.807) is 0 Å². The maximum atomic E-state index is 13.2. The minimum absolute atomic E-state index is 0.0159. The van der Waals surface area contributed by atoms with E-state index in [1.165, 1.54) is 38.7 Å². The first-order chi connectivity index (χ1) is 16.0. The summed E-state index contributed by atoms with van der Waals surface area (Å²) in [4.78, 5) is 15.2. The first-order valence-electron chi connectivity index (χ1n) is 12.0. The highest BCUT2D eigenvalue weighted by atomic mass is 16.2. The number of hydrogen-bond donors (Lipinski definition) is 0. The summed E-state index contributed by atoms with van der Waals surface area (Å²) in [6.07, 6.45) is 2.75. The monoisotopic (exact) mass is 438 g/mol. The zero-order valence-electron chi connectivity index (χ0n) is 20.2. The number of rotatable bonds is 8. The first kappa shape index (κ1) is 22.8. The Bertz CT molecular complexity index is 1230. The second-order valence-corrected chi connectivity index (χ2v) is 8.95. The maximum absolute atomic E-state index is 13.2. The summed E-state index contributed by atoms with van der Waals surface area (Å²) in [6.45, 7) is 10.6. The molecular formula is C30H34N2O. The summed E-state index contributed by atoms with van der Waals surface area (Å²) < 4.78 is 2.33. The van der Waals surface area contributed by atoms with E-state index in [1.807, 2.05) is 4.90 Å². The van der Waals surface area contributed by atoms with Gasteiger partial charge in [-0.2, -0.15) is 0 Å². The fourth-order valence-electron chi connectivity index (χ4n) is 4.75. The van der Waals surface area contributed by atoms with Crippen LogP contribution in [0.4, 0.5) is 0 Å². The van der Waals surface area contributed by atoms with Gasteiger partial charge in [-0.15, -0.1) is 0 Å². The standard InChI is InChI=1S/C30H34N2O/c1-5-31(6-2)30(33)19-27(25-11-9-10-23(4)18-25)28-21-32(29-13-8-7-12-26(28)29)20-24-16-14-22(3)15-17-24/h7-18,21,27H,5-6,19-20H2,1-4H3. The normalized spacial score (nSPS) is 12.1. The van der Waals surface area contributed by atoms with Crippen LogP contribution >= 0.6 is 0 Å². The summed E-state index contributed by atoms with van der Waals surface area (Å²) >= 11 is 0. The van der Waals surface area contributed by atoms with Crippen LogP contribution in [0.3, 0.4) is 0 Å². The molecule has 170 valence electrons. The lowest BCUT2D eigenvalue weighted by Gasteiger charge is -2.23. The molecule has 0 aliphatic rings. The Kier molecular flexibility index (Phi) is 6.98. The van der Waals surface area contributed by atoms with Crippen LogP contribution in [0, 0.1) is 13.8 Å². The number of aromatic nitrogens is 1. The van der Waals surface area contributed by atoms with Crippen molar-refractivity contribution in [2.75, 3.05) is 13.1 Å². The molecule has 0 N–H and O–H groups in total. The average molecular weight is 439 g/mol. The molecule has 3 heteroatoms. The van der Waals surface area contributed by atoms with Crippen LogP contribution in [-0.4, -0.2) is 28.5 Å². The average Bonchev–Trinajstić information content (AvgIpc) is 3.18. The molecule has 4 rings (SSSR count). The van der Waals surface area contributed by atoms with E-state index in [2.05, 4.69) is 111 Å². The third-order valence-electron chi connectivity index (χ3n) is 6.61. The number of benzene rings is 3. The second kappa shape index (κ2) is 10.1. The van der Waals surface area contributed by atoms with Gasteiger partial charge in [0.1, 0.15) is 0 Å². The van der Waals surface area contributed by atoms with Crippen molar-refractivity contribution in [3.63, 3.8) is 0 Å². The van der Waals surface area contributed by atoms with Gasteiger partial charge < -0.3 is 9.47 Å². The van der Waals surface area contributed by atoms with Gasteiger partial charge in [-0.3, -0.25) is 4.79 Å². The topological polar surface area (TPSA) is 25.2 Å².